The van der Waals surface area contributed by atoms with Crippen molar-refractivity contribution in [3.05, 3.63) is 38.0 Å². The summed E-state index contributed by atoms with van der Waals surface area (Å²) in [5.41, 5.74) is 4.00. The summed E-state index contributed by atoms with van der Waals surface area (Å²) >= 11 is 0. The van der Waals surface area contributed by atoms with Gasteiger partial charge in [0.25, 0.3) is 0 Å². The Bertz CT molecular complexity index is 1320. The summed E-state index contributed by atoms with van der Waals surface area (Å²) < 4.78 is 55.1. The molecule has 238 valence electrons. The van der Waals surface area contributed by atoms with Crippen molar-refractivity contribution in [1.82, 2.24) is 0 Å². The quantitative estimate of drug-likeness (QED) is 0.0426. The summed E-state index contributed by atoms with van der Waals surface area (Å²) in [5.74, 6) is -3.88. The minimum Gasteiger partial charge on any atom is -0.389 e. The number of methoxy groups -OCH3 is 2. The van der Waals surface area contributed by atoms with Crippen molar-refractivity contribution >= 4 is 17.1 Å². The Balaban J connectivity index is 1.28. The third kappa shape index (κ3) is 4.87. The molecule has 4 aliphatic rings. The van der Waals surface area contributed by atoms with Crippen LogP contribution < -0.4 is 5.32 Å². The molecule has 1 aromatic carbocycles. The normalized spacial score (nSPS) is 36.2. The number of ether oxygens (including phenoxy) is 2. The smallest absolute Gasteiger partial charge is 0.333 e. The highest BCUT2D eigenvalue weighted by Gasteiger charge is 2.65. The van der Waals surface area contributed by atoms with E-state index in [1.54, 1.807) is 14.2 Å². The van der Waals surface area contributed by atoms with Gasteiger partial charge >= 0.3 is 5.69 Å². The van der Waals surface area contributed by atoms with Gasteiger partial charge in [-0.25, -0.2) is 8.78 Å². The van der Waals surface area contributed by atoms with Crippen LogP contribution in [-0.2, 0) is 9.47 Å². The van der Waals surface area contributed by atoms with Gasteiger partial charge in [-0.1, -0.05) is 19.0 Å². The van der Waals surface area contributed by atoms with E-state index in [9.17, 15) is 28.4 Å². The van der Waals surface area contributed by atoms with Crippen LogP contribution in [0.5, 0.6) is 0 Å². The lowest BCUT2D eigenvalue weighted by Gasteiger charge is -2.62. The molecule has 0 bridgehead atoms. The number of rotatable bonds is 9. The van der Waals surface area contributed by atoms with Gasteiger partial charge in [0.1, 0.15) is 5.69 Å². The molecule has 0 unspecified atom stereocenters. The molecule has 4 fully saturated rings. The molecule has 4 aliphatic carbocycles. The minimum atomic E-state index is -1.92. The van der Waals surface area contributed by atoms with Gasteiger partial charge in [-0.2, -0.15) is 4.39 Å². The van der Waals surface area contributed by atoms with Crippen molar-refractivity contribution in [2.45, 2.75) is 95.9 Å². The van der Waals surface area contributed by atoms with Gasteiger partial charge in [0.2, 0.25) is 5.82 Å². The van der Waals surface area contributed by atoms with Crippen molar-refractivity contribution in [3.63, 3.8) is 0 Å². The SMILES string of the molecule is COC1(OC)CC[C@@]2(C)[C@@H](CC[C@@H]3[C@@H]2CC[C@@]2(C)[C@H]3CC[C@@]2(O)CCCNc2c(F)c(N=[N+]=[N-])c(F)c(F)c2[N+](=O)[O-])C1. The van der Waals surface area contributed by atoms with Crippen LogP contribution in [0.2, 0.25) is 0 Å². The molecule has 2 N–H and O–H groups in total. The standard InChI is InChI=1S/C30H42F3N5O5/c1-27-13-14-30(42-3,43-4)16-17(27)6-7-18-19(27)8-11-28(2)20(18)9-12-29(28,39)10-5-15-35-25-23(33)24(36-37-34)21(31)22(32)26(25)38(40)41/h17-20,35,39H,5-16H2,1-4H3/t17-,18+,19-,20-,27-,28-,29-/m0/s1. The number of nitro benzene ring substituents is 1. The number of azide groups is 1. The van der Waals surface area contributed by atoms with E-state index in [4.69, 9.17) is 15.0 Å². The fourth-order valence-corrected chi connectivity index (χ4v) is 9.87. The first-order valence-electron chi connectivity index (χ1n) is 15.3. The van der Waals surface area contributed by atoms with Crippen molar-refractivity contribution in [2.24, 2.45) is 39.6 Å². The Hall–Kier alpha value is -2.60. The van der Waals surface area contributed by atoms with Crippen molar-refractivity contribution in [3.8, 4) is 0 Å². The molecule has 0 spiro atoms. The van der Waals surface area contributed by atoms with Crippen LogP contribution in [0.3, 0.4) is 0 Å². The number of hydrogen-bond acceptors (Lipinski definition) is 7. The molecule has 5 rings (SSSR count). The molecular weight excluding hydrogens is 567 g/mol. The molecule has 43 heavy (non-hydrogen) atoms. The molecule has 4 saturated carbocycles. The van der Waals surface area contributed by atoms with E-state index in [1.165, 1.54) is 0 Å². The summed E-state index contributed by atoms with van der Waals surface area (Å²) in [7, 11) is 3.46. The maximum absolute atomic E-state index is 14.9. The number of nitrogens with one attached hydrogen (secondary N) is 1. The first-order valence-corrected chi connectivity index (χ1v) is 15.3. The summed E-state index contributed by atoms with van der Waals surface area (Å²) in [6, 6.07) is 0. The maximum atomic E-state index is 14.9. The second-order valence-electron chi connectivity index (χ2n) is 13.7. The first-order chi connectivity index (χ1) is 20.3. The number of halogens is 3. The van der Waals surface area contributed by atoms with Gasteiger partial charge in [-0.15, -0.1) is 0 Å². The molecule has 0 radical (unpaired) electrons. The fraction of sp³-hybridized carbons (Fsp3) is 0.800. The lowest BCUT2D eigenvalue weighted by molar-refractivity contribution is -0.387. The maximum Gasteiger partial charge on any atom is 0.333 e. The van der Waals surface area contributed by atoms with Crippen LogP contribution >= 0.6 is 0 Å². The summed E-state index contributed by atoms with van der Waals surface area (Å²) in [6.07, 6.45) is 9.21. The monoisotopic (exact) mass is 609 g/mol. The van der Waals surface area contributed by atoms with Gasteiger partial charge in [-0.3, -0.25) is 10.1 Å². The Morgan fingerprint density at radius 3 is 2.40 bits per heavy atom. The first kappa shape index (κ1) is 31.8. The summed E-state index contributed by atoms with van der Waals surface area (Å²) in [4.78, 5) is 12.5. The third-order valence-electron chi connectivity index (χ3n) is 12.4. The molecule has 0 amide bonds. The number of fused-ring (bicyclic) bond motifs is 5. The van der Waals surface area contributed by atoms with Crippen LogP contribution in [0.1, 0.15) is 84.5 Å². The summed E-state index contributed by atoms with van der Waals surface area (Å²) in [5, 5.41) is 28.8. The Morgan fingerprint density at radius 1 is 1.05 bits per heavy atom. The highest BCUT2D eigenvalue weighted by Crippen LogP contribution is 2.69. The lowest BCUT2D eigenvalue weighted by atomic mass is 9.44. The number of benzene rings is 1. The molecule has 10 nitrogen and oxygen atoms in total. The zero-order valence-electron chi connectivity index (χ0n) is 25.3. The van der Waals surface area contributed by atoms with Gasteiger partial charge in [0, 0.05) is 38.5 Å². The highest BCUT2D eigenvalue weighted by molar-refractivity contribution is 5.69. The zero-order valence-corrected chi connectivity index (χ0v) is 25.3. The largest absolute Gasteiger partial charge is 0.389 e. The van der Waals surface area contributed by atoms with Gasteiger partial charge in [0.05, 0.1) is 10.5 Å². The Kier molecular flexibility index (Phi) is 8.43. The third-order valence-corrected chi connectivity index (χ3v) is 12.4. The van der Waals surface area contributed by atoms with Crippen molar-refractivity contribution < 1.29 is 32.7 Å². The van der Waals surface area contributed by atoms with Gasteiger partial charge in [-0.05, 0) is 97.8 Å². The predicted molar refractivity (Wildman–Crippen MR) is 153 cm³/mol. The average molecular weight is 610 g/mol. The van der Waals surface area contributed by atoms with Gasteiger partial charge in [0.15, 0.2) is 23.1 Å². The number of aliphatic hydroxyl groups is 1. The second-order valence-corrected chi connectivity index (χ2v) is 13.7. The van der Waals surface area contributed by atoms with Crippen LogP contribution in [0.15, 0.2) is 5.11 Å². The molecule has 0 aromatic heterocycles. The number of nitrogens with zero attached hydrogens (tertiary/aromatic N) is 4. The number of hydrogen-bond donors (Lipinski definition) is 2. The molecular formula is C30H42F3N5O5. The van der Waals surface area contributed by atoms with Crippen LogP contribution in [0.25, 0.3) is 10.4 Å². The molecule has 0 heterocycles. The second kappa shape index (κ2) is 11.4. The van der Waals surface area contributed by atoms with Gasteiger partial charge < -0.3 is 19.9 Å². The Labute approximate surface area is 249 Å². The molecule has 7 atom stereocenters. The van der Waals surface area contributed by atoms with Crippen molar-refractivity contribution in [1.29, 1.82) is 0 Å². The summed E-state index contributed by atoms with van der Waals surface area (Å²) in [6.45, 7) is 4.60. The van der Waals surface area contributed by atoms with E-state index in [0.29, 0.717) is 42.9 Å². The Morgan fingerprint density at radius 2 is 1.74 bits per heavy atom. The lowest BCUT2D eigenvalue weighted by Crippen LogP contribution is -2.58. The minimum absolute atomic E-state index is 0.0336. The topological polar surface area (TPSA) is 143 Å². The van der Waals surface area contributed by atoms with E-state index >= 15 is 0 Å². The average Bonchev–Trinajstić information content (AvgIpc) is 3.25. The molecule has 0 saturated heterocycles. The molecule has 13 heteroatoms. The van der Waals surface area contributed by atoms with E-state index in [-0.39, 0.29) is 17.4 Å². The van der Waals surface area contributed by atoms with E-state index in [2.05, 4.69) is 29.2 Å². The van der Waals surface area contributed by atoms with E-state index in [1.807, 2.05) is 0 Å². The highest BCUT2D eigenvalue weighted by atomic mass is 19.2. The number of nitro groups is 1. The molecule has 1 aromatic rings. The van der Waals surface area contributed by atoms with E-state index in [0.717, 1.165) is 51.4 Å². The van der Waals surface area contributed by atoms with Crippen LogP contribution in [0, 0.1) is 62.1 Å². The fourth-order valence-electron chi connectivity index (χ4n) is 9.87. The molecule has 0 aliphatic heterocycles. The van der Waals surface area contributed by atoms with Crippen LogP contribution in [-0.4, -0.2) is 42.2 Å². The van der Waals surface area contributed by atoms with Crippen LogP contribution in [0.4, 0.5) is 30.2 Å². The number of anilines is 1. The predicted octanol–water partition coefficient (Wildman–Crippen LogP) is 7.91. The van der Waals surface area contributed by atoms with Crippen molar-refractivity contribution in [2.75, 3.05) is 26.1 Å². The zero-order chi connectivity index (χ0) is 31.4. The van der Waals surface area contributed by atoms with E-state index < -0.39 is 50.8 Å².